The van der Waals surface area contributed by atoms with Crippen molar-refractivity contribution < 1.29 is 4.79 Å². The van der Waals surface area contributed by atoms with Crippen molar-refractivity contribution in [2.24, 2.45) is 16.7 Å². The van der Waals surface area contributed by atoms with E-state index >= 15 is 0 Å². The SMILES string of the molecule is CC1(C)C(CNC(=O)c2cc(Cl)cc(Br)c2)C1(C)C. The maximum absolute atomic E-state index is 12.1. The second-order valence-electron chi connectivity index (χ2n) is 6.36. The first-order valence-corrected chi connectivity index (χ1v) is 7.57. The van der Waals surface area contributed by atoms with Crippen LogP contribution in [0.3, 0.4) is 0 Å². The summed E-state index contributed by atoms with van der Waals surface area (Å²) in [4.78, 5) is 12.1. The van der Waals surface area contributed by atoms with Crippen LogP contribution in [0.5, 0.6) is 0 Å². The summed E-state index contributed by atoms with van der Waals surface area (Å²) in [6.07, 6.45) is 0. The molecule has 1 aromatic rings. The Morgan fingerprint density at radius 3 is 2.32 bits per heavy atom. The Bertz CT molecular complexity index is 491. The number of hydrogen-bond donors (Lipinski definition) is 1. The third-order valence-electron chi connectivity index (χ3n) is 4.91. The fourth-order valence-electron chi connectivity index (χ4n) is 2.83. The minimum Gasteiger partial charge on any atom is -0.352 e. The van der Waals surface area contributed by atoms with E-state index in [1.807, 2.05) is 0 Å². The molecule has 0 spiro atoms. The number of benzene rings is 1. The molecule has 0 radical (unpaired) electrons. The van der Waals surface area contributed by atoms with E-state index in [1.165, 1.54) is 0 Å². The third-order valence-corrected chi connectivity index (χ3v) is 5.59. The van der Waals surface area contributed by atoms with Crippen molar-refractivity contribution in [1.82, 2.24) is 5.32 Å². The molecule has 0 unspecified atom stereocenters. The molecular formula is C15H19BrClNO. The van der Waals surface area contributed by atoms with Crippen LogP contribution in [-0.2, 0) is 0 Å². The van der Waals surface area contributed by atoms with Gasteiger partial charge in [0.1, 0.15) is 0 Å². The predicted molar refractivity (Wildman–Crippen MR) is 82.5 cm³/mol. The number of hydrogen-bond acceptors (Lipinski definition) is 1. The molecule has 0 heterocycles. The Morgan fingerprint density at radius 1 is 1.26 bits per heavy atom. The van der Waals surface area contributed by atoms with Gasteiger partial charge < -0.3 is 5.32 Å². The van der Waals surface area contributed by atoms with E-state index in [2.05, 4.69) is 48.9 Å². The summed E-state index contributed by atoms with van der Waals surface area (Å²) in [6, 6.07) is 5.24. The molecule has 1 aromatic carbocycles. The van der Waals surface area contributed by atoms with E-state index in [0.717, 1.165) is 4.47 Å². The lowest BCUT2D eigenvalue weighted by Gasteiger charge is -2.07. The predicted octanol–water partition coefficient (Wildman–Crippen LogP) is 4.51. The van der Waals surface area contributed by atoms with Gasteiger partial charge in [0.15, 0.2) is 0 Å². The van der Waals surface area contributed by atoms with Crippen molar-refractivity contribution in [2.45, 2.75) is 27.7 Å². The Balaban J connectivity index is 2.00. The maximum atomic E-state index is 12.1. The average Bonchev–Trinajstić information content (AvgIpc) is 2.65. The summed E-state index contributed by atoms with van der Waals surface area (Å²) < 4.78 is 0.817. The largest absolute Gasteiger partial charge is 0.352 e. The van der Waals surface area contributed by atoms with E-state index < -0.39 is 0 Å². The summed E-state index contributed by atoms with van der Waals surface area (Å²) in [6.45, 7) is 9.71. The summed E-state index contributed by atoms with van der Waals surface area (Å²) >= 11 is 9.30. The van der Waals surface area contributed by atoms with E-state index in [9.17, 15) is 4.79 Å². The third kappa shape index (κ3) is 2.68. The minimum atomic E-state index is -0.0679. The quantitative estimate of drug-likeness (QED) is 0.858. The second kappa shape index (κ2) is 4.78. The molecule has 0 aliphatic heterocycles. The van der Waals surface area contributed by atoms with Crippen LogP contribution in [0.4, 0.5) is 0 Å². The summed E-state index contributed by atoms with van der Waals surface area (Å²) in [5.74, 6) is 0.452. The number of carbonyl (C=O) groups excluding carboxylic acids is 1. The lowest BCUT2D eigenvalue weighted by atomic mass is 10.0. The first kappa shape index (κ1) is 14.9. The van der Waals surface area contributed by atoms with Gasteiger partial charge in [-0.2, -0.15) is 0 Å². The summed E-state index contributed by atoms with van der Waals surface area (Å²) in [5, 5.41) is 3.57. The highest BCUT2D eigenvalue weighted by Gasteiger charge is 2.64. The van der Waals surface area contributed by atoms with Crippen LogP contribution in [0.25, 0.3) is 0 Å². The van der Waals surface area contributed by atoms with Crippen molar-refractivity contribution in [2.75, 3.05) is 6.54 Å². The van der Waals surface area contributed by atoms with Crippen molar-refractivity contribution in [1.29, 1.82) is 0 Å². The molecule has 19 heavy (non-hydrogen) atoms. The summed E-state index contributed by atoms with van der Waals surface area (Å²) in [7, 11) is 0. The smallest absolute Gasteiger partial charge is 0.251 e. The monoisotopic (exact) mass is 343 g/mol. The maximum Gasteiger partial charge on any atom is 0.251 e. The zero-order valence-corrected chi connectivity index (χ0v) is 14.0. The number of rotatable bonds is 3. The molecule has 0 bridgehead atoms. The van der Waals surface area contributed by atoms with E-state index in [4.69, 9.17) is 11.6 Å². The lowest BCUT2D eigenvalue weighted by Crippen LogP contribution is -2.27. The lowest BCUT2D eigenvalue weighted by molar-refractivity contribution is 0.0950. The molecule has 1 saturated carbocycles. The van der Waals surface area contributed by atoms with Crippen molar-refractivity contribution in [3.63, 3.8) is 0 Å². The molecular weight excluding hydrogens is 326 g/mol. The fraction of sp³-hybridized carbons (Fsp3) is 0.533. The Kier molecular flexibility index (Phi) is 3.74. The van der Waals surface area contributed by atoms with E-state index in [1.54, 1.807) is 18.2 Å². The molecule has 2 rings (SSSR count). The van der Waals surface area contributed by atoms with Gasteiger partial charge >= 0.3 is 0 Å². The fourth-order valence-corrected chi connectivity index (χ4v) is 3.69. The van der Waals surface area contributed by atoms with Crippen molar-refractivity contribution in [3.8, 4) is 0 Å². The summed E-state index contributed by atoms with van der Waals surface area (Å²) in [5.41, 5.74) is 1.17. The average molecular weight is 345 g/mol. The van der Waals surface area contributed by atoms with Gasteiger partial charge in [0, 0.05) is 21.6 Å². The van der Waals surface area contributed by atoms with Gasteiger partial charge in [-0.1, -0.05) is 55.2 Å². The van der Waals surface area contributed by atoms with Crippen LogP contribution in [-0.4, -0.2) is 12.5 Å². The molecule has 1 amide bonds. The number of nitrogens with one attached hydrogen (secondary N) is 1. The Hall–Kier alpha value is -0.540. The van der Waals surface area contributed by atoms with Gasteiger partial charge in [-0.05, 0) is 34.9 Å². The molecule has 1 aliphatic rings. The Labute approximate surface area is 128 Å². The van der Waals surface area contributed by atoms with Gasteiger partial charge in [0.25, 0.3) is 5.91 Å². The van der Waals surface area contributed by atoms with Crippen LogP contribution in [0.2, 0.25) is 5.02 Å². The zero-order chi connectivity index (χ0) is 14.4. The van der Waals surface area contributed by atoms with Crippen LogP contribution < -0.4 is 5.32 Å². The molecule has 2 nitrogen and oxygen atoms in total. The van der Waals surface area contributed by atoms with Crippen LogP contribution in [0.15, 0.2) is 22.7 Å². The standard InChI is InChI=1S/C15H19BrClNO/c1-14(2)12(15(14,3)4)8-18-13(19)9-5-10(16)7-11(17)6-9/h5-7,12H,8H2,1-4H3,(H,18,19). The zero-order valence-electron chi connectivity index (χ0n) is 11.7. The normalized spacial score (nSPS) is 20.1. The number of halogens is 2. The van der Waals surface area contributed by atoms with Crippen LogP contribution in [0, 0.1) is 16.7 Å². The molecule has 4 heteroatoms. The first-order chi connectivity index (χ1) is 8.66. The highest BCUT2D eigenvalue weighted by Crippen LogP contribution is 2.67. The van der Waals surface area contributed by atoms with Gasteiger partial charge in [0.05, 0.1) is 0 Å². The van der Waals surface area contributed by atoms with Gasteiger partial charge in [0.2, 0.25) is 0 Å². The van der Waals surface area contributed by atoms with Gasteiger partial charge in [-0.15, -0.1) is 0 Å². The highest BCUT2D eigenvalue weighted by atomic mass is 79.9. The van der Waals surface area contributed by atoms with Crippen LogP contribution >= 0.6 is 27.5 Å². The van der Waals surface area contributed by atoms with Crippen LogP contribution in [0.1, 0.15) is 38.1 Å². The van der Waals surface area contributed by atoms with E-state index in [0.29, 0.717) is 23.0 Å². The highest BCUT2D eigenvalue weighted by molar-refractivity contribution is 9.10. The van der Waals surface area contributed by atoms with E-state index in [-0.39, 0.29) is 16.7 Å². The first-order valence-electron chi connectivity index (χ1n) is 6.40. The molecule has 1 fully saturated rings. The van der Waals surface area contributed by atoms with Crippen molar-refractivity contribution >= 4 is 33.4 Å². The molecule has 1 N–H and O–H groups in total. The minimum absolute atomic E-state index is 0.0679. The molecule has 0 saturated heterocycles. The molecule has 0 aromatic heterocycles. The second-order valence-corrected chi connectivity index (χ2v) is 7.72. The van der Waals surface area contributed by atoms with Gasteiger partial charge in [-0.25, -0.2) is 0 Å². The Morgan fingerprint density at radius 2 is 1.84 bits per heavy atom. The molecule has 1 aliphatic carbocycles. The number of carbonyl (C=O) groups is 1. The van der Waals surface area contributed by atoms with Gasteiger partial charge in [-0.3, -0.25) is 4.79 Å². The topological polar surface area (TPSA) is 29.1 Å². The molecule has 104 valence electrons. The van der Waals surface area contributed by atoms with Crippen molar-refractivity contribution in [3.05, 3.63) is 33.3 Å². The molecule has 0 atom stereocenters. The number of amides is 1.